The summed E-state index contributed by atoms with van der Waals surface area (Å²) in [5.74, 6) is 6.75. The van der Waals surface area contributed by atoms with E-state index in [0.717, 1.165) is 12.2 Å². The molecule has 0 atom stereocenters. The highest BCUT2D eigenvalue weighted by Gasteiger charge is 2.10. The molecule has 2 rings (SSSR count). The van der Waals surface area contributed by atoms with Gasteiger partial charge in [0.1, 0.15) is 11.6 Å². The lowest BCUT2D eigenvalue weighted by atomic mass is 10.3. The van der Waals surface area contributed by atoms with Gasteiger partial charge in [0.05, 0.1) is 0 Å². The second kappa shape index (κ2) is 5.33. The van der Waals surface area contributed by atoms with E-state index in [9.17, 15) is 0 Å². The lowest BCUT2D eigenvalue weighted by Crippen LogP contribution is -2.19. The number of hydrogen-bond donors (Lipinski definition) is 3. The second-order valence-electron chi connectivity index (χ2n) is 3.69. The first-order valence-corrected chi connectivity index (χ1v) is 5.68. The fraction of sp³-hybridized carbons (Fsp3) is 0.167. The molecule has 0 saturated heterocycles. The van der Waals surface area contributed by atoms with Crippen molar-refractivity contribution in [2.24, 2.45) is 5.84 Å². The fourth-order valence-electron chi connectivity index (χ4n) is 1.75. The van der Waals surface area contributed by atoms with Crippen molar-refractivity contribution < 1.29 is 0 Å². The largest absolute Gasteiger partial charge is 0.368 e. The molecule has 0 aliphatic rings. The van der Waals surface area contributed by atoms with Gasteiger partial charge in [0.15, 0.2) is 0 Å². The Morgan fingerprint density at radius 1 is 1.22 bits per heavy atom. The smallest absolute Gasteiger partial charge is 0.224 e. The van der Waals surface area contributed by atoms with E-state index >= 15 is 0 Å². The molecular formula is C12H16N6. The summed E-state index contributed by atoms with van der Waals surface area (Å²) in [6.07, 6.45) is 0. The van der Waals surface area contributed by atoms with Crippen molar-refractivity contribution >= 4 is 23.3 Å². The summed E-state index contributed by atoms with van der Waals surface area (Å²) in [6.45, 7) is 2.81. The number of aromatic nitrogens is 2. The van der Waals surface area contributed by atoms with E-state index in [1.54, 1.807) is 6.07 Å². The van der Waals surface area contributed by atoms with Crippen LogP contribution in [0.25, 0.3) is 0 Å². The molecule has 0 spiro atoms. The summed E-state index contributed by atoms with van der Waals surface area (Å²) in [5.41, 5.74) is 9.18. The van der Waals surface area contributed by atoms with Gasteiger partial charge in [-0.1, -0.05) is 18.2 Å². The Labute approximate surface area is 106 Å². The van der Waals surface area contributed by atoms with Gasteiger partial charge in [-0.3, -0.25) is 0 Å². The van der Waals surface area contributed by atoms with Crippen LogP contribution in [0.15, 0.2) is 36.4 Å². The van der Waals surface area contributed by atoms with Crippen molar-refractivity contribution in [2.45, 2.75) is 6.92 Å². The van der Waals surface area contributed by atoms with Crippen molar-refractivity contribution in [3.05, 3.63) is 36.4 Å². The van der Waals surface area contributed by atoms with Crippen LogP contribution in [0.2, 0.25) is 0 Å². The van der Waals surface area contributed by atoms with Crippen LogP contribution in [0.1, 0.15) is 6.92 Å². The average Bonchev–Trinajstić information content (AvgIpc) is 2.40. The molecule has 0 saturated carbocycles. The van der Waals surface area contributed by atoms with Crippen LogP contribution in [0, 0.1) is 0 Å². The predicted octanol–water partition coefficient (Wildman–Crippen LogP) is 1.50. The number of nitrogens with zero attached hydrogens (tertiary/aromatic N) is 3. The molecule has 5 N–H and O–H groups in total. The maximum atomic E-state index is 5.66. The van der Waals surface area contributed by atoms with Gasteiger partial charge in [0, 0.05) is 18.3 Å². The summed E-state index contributed by atoms with van der Waals surface area (Å²) < 4.78 is 0. The number of rotatable bonds is 4. The monoisotopic (exact) mass is 244 g/mol. The van der Waals surface area contributed by atoms with Crippen LogP contribution < -0.4 is 21.9 Å². The van der Waals surface area contributed by atoms with Gasteiger partial charge in [-0.2, -0.15) is 9.97 Å². The van der Waals surface area contributed by atoms with Crippen LogP contribution in [-0.2, 0) is 0 Å². The van der Waals surface area contributed by atoms with Crippen molar-refractivity contribution in [2.75, 3.05) is 22.6 Å². The molecule has 94 valence electrons. The van der Waals surface area contributed by atoms with Gasteiger partial charge in [-0.25, -0.2) is 5.84 Å². The van der Waals surface area contributed by atoms with E-state index in [2.05, 4.69) is 15.4 Å². The number of para-hydroxylation sites is 1. The summed E-state index contributed by atoms with van der Waals surface area (Å²) in [7, 11) is 0. The van der Waals surface area contributed by atoms with Gasteiger partial charge in [-0.15, -0.1) is 0 Å². The van der Waals surface area contributed by atoms with Gasteiger partial charge >= 0.3 is 0 Å². The lowest BCUT2D eigenvalue weighted by Gasteiger charge is -2.22. The Balaban J connectivity index is 2.42. The number of benzene rings is 1. The third kappa shape index (κ3) is 2.49. The van der Waals surface area contributed by atoms with Crippen molar-refractivity contribution in [3.63, 3.8) is 0 Å². The average molecular weight is 244 g/mol. The first-order chi connectivity index (χ1) is 8.74. The quantitative estimate of drug-likeness (QED) is 0.557. The number of nitrogens with two attached hydrogens (primary N) is 2. The molecule has 0 radical (unpaired) electrons. The number of hydrazine groups is 1. The minimum atomic E-state index is 0.190. The Morgan fingerprint density at radius 2 is 1.94 bits per heavy atom. The normalized spacial score (nSPS) is 10.1. The molecule has 18 heavy (non-hydrogen) atoms. The topological polar surface area (TPSA) is 93.1 Å². The molecule has 0 fully saturated rings. The van der Waals surface area contributed by atoms with Crippen LogP contribution in [0.3, 0.4) is 0 Å². The van der Waals surface area contributed by atoms with Gasteiger partial charge in [0.2, 0.25) is 5.95 Å². The zero-order valence-electron chi connectivity index (χ0n) is 10.2. The Hall–Kier alpha value is -2.34. The van der Waals surface area contributed by atoms with Gasteiger partial charge < -0.3 is 16.1 Å². The number of nitrogens with one attached hydrogen (secondary N) is 1. The lowest BCUT2D eigenvalue weighted by molar-refractivity contribution is 0.980. The first kappa shape index (κ1) is 12.1. The van der Waals surface area contributed by atoms with E-state index in [1.165, 1.54) is 0 Å². The molecule has 2 aromatic rings. The Kier molecular flexibility index (Phi) is 3.59. The molecule has 0 amide bonds. The third-order valence-corrected chi connectivity index (χ3v) is 2.54. The third-order valence-electron chi connectivity index (χ3n) is 2.54. The number of hydrogen-bond acceptors (Lipinski definition) is 6. The Morgan fingerprint density at radius 3 is 2.56 bits per heavy atom. The highest BCUT2D eigenvalue weighted by Crippen LogP contribution is 2.24. The minimum absolute atomic E-state index is 0.190. The standard InChI is InChI=1S/C12H16N6/c1-2-18(9-6-4-3-5-7-9)11-8-10(17-14)15-12(13)16-11/h3-8H,2,14H2,1H3,(H3,13,15,16,17). The maximum Gasteiger partial charge on any atom is 0.224 e. The molecule has 1 heterocycles. The molecular weight excluding hydrogens is 228 g/mol. The molecule has 1 aromatic carbocycles. The molecule has 0 bridgehead atoms. The minimum Gasteiger partial charge on any atom is -0.368 e. The molecule has 6 nitrogen and oxygen atoms in total. The second-order valence-corrected chi connectivity index (χ2v) is 3.69. The van der Waals surface area contributed by atoms with Crippen LogP contribution >= 0.6 is 0 Å². The summed E-state index contributed by atoms with van der Waals surface area (Å²) in [5, 5.41) is 0. The van der Waals surface area contributed by atoms with Crippen LogP contribution in [0.5, 0.6) is 0 Å². The van der Waals surface area contributed by atoms with E-state index < -0.39 is 0 Å². The van der Waals surface area contributed by atoms with Crippen molar-refractivity contribution in [1.82, 2.24) is 9.97 Å². The molecule has 6 heteroatoms. The zero-order valence-corrected chi connectivity index (χ0v) is 10.2. The highest BCUT2D eigenvalue weighted by atomic mass is 15.3. The van der Waals surface area contributed by atoms with Crippen molar-refractivity contribution in [3.8, 4) is 0 Å². The molecule has 0 aliphatic heterocycles. The van der Waals surface area contributed by atoms with E-state index in [-0.39, 0.29) is 5.95 Å². The fourth-order valence-corrected chi connectivity index (χ4v) is 1.75. The number of nitrogen functional groups attached to an aromatic ring is 2. The van der Waals surface area contributed by atoms with Crippen LogP contribution in [0.4, 0.5) is 23.3 Å². The SMILES string of the molecule is CCN(c1ccccc1)c1cc(NN)nc(N)n1. The summed E-state index contributed by atoms with van der Waals surface area (Å²) in [4.78, 5) is 10.2. The first-order valence-electron chi connectivity index (χ1n) is 5.68. The predicted molar refractivity (Wildman–Crippen MR) is 73.4 cm³/mol. The van der Waals surface area contributed by atoms with Crippen LogP contribution in [-0.4, -0.2) is 16.5 Å². The van der Waals surface area contributed by atoms with E-state index in [1.807, 2.05) is 42.2 Å². The summed E-state index contributed by atoms with van der Waals surface area (Å²) >= 11 is 0. The summed E-state index contributed by atoms with van der Waals surface area (Å²) in [6, 6.07) is 11.7. The number of anilines is 4. The van der Waals surface area contributed by atoms with Gasteiger partial charge in [0.25, 0.3) is 0 Å². The zero-order chi connectivity index (χ0) is 13.0. The molecule has 0 unspecified atom stereocenters. The Bertz CT molecular complexity index is 513. The van der Waals surface area contributed by atoms with Gasteiger partial charge in [-0.05, 0) is 19.1 Å². The maximum absolute atomic E-state index is 5.66. The van der Waals surface area contributed by atoms with E-state index in [4.69, 9.17) is 11.6 Å². The van der Waals surface area contributed by atoms with Crippen molar-refractivity contribution in [1.29, 1.82) is 0 Å². The molecule has 1 aromatic heterocycles. The highest BCUT2D eigenvalue weighted by molar-refractivity contribution is 5.63. The molecule has 0 aliphatic carbocycles. The van der Waals surface area contributed by atoms with E-state index in [0.29, 0.717) is 11.6 Å².